The second-order valence-corrected chi connectivity index (χ2v) is 6.82. The molecule has 0 amide bonds. The predicted molar refractivity (Wildman–Crippen MR) is 87.3 cm³/mol. The van der Waals surface area contributed by atoms with Crippen molar-refractivity contribution in [1.29, 1.82) is 0 Å². The van der Waals surface area contributed by atoms with Gasteiger partial charge in [0, 0.05) is 23.2 Å². The number of rotatable bonds is 0. The van der Waals surface area contributed by atoms with Crippen molar-refractivity contribution in [3.8, 4) is 0 Å². The molecule has 0 heterocycles. The van der Waals surface area contributed by atoms with Gasteiger partial charge in [-0.15, -0.1) is 0 Å². The maximum absolute atomic E-state index is 2.54. The van der Waals surface area contributed by atoms with Gasteiger partial charge in [-0.2, -0.15) is 0 Å². The zero-order chi connectivity index (χ0) is 13.8. The Hall–Kier alpha value is -0.534. The molecule has 4 aliphatic rings. The van der Waals surface area contributed by atoms with Gasteiger partial charge in [0.1, 0.15) is 0 Å². The van der Waals surface area contributed by atoms with Gasteiger partial charge in [0.05, 0.1) is 0 Å². The van der Waals surface area contributed by atoms with Crippen LogP contribution in [0.15, 0.2) is 47.6 Å². The van der Waals surface area contributed by atoms with Crippen LogP contribution in [0.3, 0.4) is 0 Å². The molecule has 4 rings (SSSR count). The molecule has 0 saturated heterocycles. The van der Waals surface area contributed by atoms with Crippen molar-refractivity contribution in [2.45, 2.75) is 58.3 Å². The van der Waals surface area contributed by atoms with E-state index >= 15 is 0 Å². The molecule has 1 heteroatoms. The van der Waals surface area contributed by atoms with Gasteiger partial charge in [0.2, 0.25) is 0 Å². The minimum Gasteiger partial charge on any atom is -0.0767 e. The molecule has 0 aromatic rings. The van der Waals surface area contributed by atoms with Crippen LogP contribution >= 0.6 is 0 Å². The molecule has 0 N–H and O–H groups in total. The molecule has 2 fully saturated rings. The van der Waals surface area contributed by atoms with Crippen molar-refractivity contribution in [3.63, 3.8) is 0 Å². The fraction of sp³-hybridized carbons (Fsp3) is 0.550. The van der Waals surface area contributed by atoms with Gasteiger partial charge < -0.3 is 0 Å². The van der Waals surface area contributed by atoms with Gasteiger partial charge >= 0.3 is 0 Å². The summed E-state index contributed by atoms with van der Waals surface area (Å²) >= 11 is 0. The Morgan fingerprint density at radius 1 is 0.905 bits per heavy atom. The van der Waals surface area contributed by atoms with Crippen molar-refractivity contribution < 1.29 is 16.8 Å². The van der Waals surface area contributed by atoms with E-state index in [1.54, 1.807) is 11.1 Å². The van der Waals surface area contributed by atoms with E-state index in [2.05, 4.69) is 19.1 Å². The average molecular weight is 326 g/mol. The molecule has 0 spiro atoms. The Labute approximate surface area is 140 Å². The number of hydrogen-bond acceptors (Lipinski definition) is 0. The van der Waals surface area contributed by atoms with Crippen LogP contribution in [-0.2, 0) is 16.8 Å². The molecule has 21 heavy (non-hydrogen) atoms. The summed E-state index contributed by atoms with van der Waals surface area (Å²) in [5.41, 5.74) is 4.10. The minimum atomic E-state index is 0. The van der Waals surface area contributed by atoms with Gasteiger partial charge in [0.25, 0.3) is 0 Å². The molecule has 0 bridgehead atoms. The first-order valence-corrected chi connectivity index (χ1v) is 8.37. The second-order valence-electron chi connectivity index (χ2n) is 6.82. The van der Waals surface area contributed by atoms with Gasteiger partial charge in [-0.05, 0) is 49.9 Å². The summed E-state index contributed by atoms with van der Waals surface area (Å²) in [6.07, 6.45) is 26.4. The van der Waals surface area contributed by atoms with Crippen LogP contribution in [0.25, 0.3) is 0 Å². The quantitative estimate of drug-likeness (QED) is 0.517. The zero-order valence-electron chi connectivity index (χ0n) is 13.1. The van der Waals surface area contributed by atoms with Gasteiger partial charge in [-0.1, -0.05) is 67.4 Å². The van der Waals surface area contributed by atoms with Gasteiger partial charge in [-0.3, -0.25) is 0 Å². The molecule has 0 aromatic heterocycles. The molecule has 0 aromatic carbocycles. The summed E-state index contributed by atoms with van der Waals surface area (Å²) < 4.78 is 0. The SMILES string of the molecule is C[C@]12CCCCC1=CC=C1CCCC[C@@H]12.[CH]1C=CC=C1.[Co]. The van der Waals surface area contributed by atoms with E-state index in [1.807, 2.05) is 30.7 Å². The summed E-state index contributed by atoms with van der Waals surface area (Å²) in [6.45, 7) is 2.54. The van der Waals surface area contributed by atoms with Crippen molar-refractivity contribution in [1.82, 2.24) is 0 Å². The first kappa shape index (κ1) is 16.8. The third-order valence-corrected chi connectivity index (χ3v) is 5.60. The number of fused-ring (bicyclic) bond motifs is 3. The monoisotopic (exact) mass is 326 g/mol. The molecule has 116 valence electrons. The molecular weight excluding hydrogens is 299 g/mol. The standard InChI is InChI=1S/C15H22.C5H5.Co/c1-15-11-5-4-7-13(15)10-9-12-6-2-3-8-14(12)15;1-2-4-5-3-1;/h9-10,14H,2-8,11H2,1H3;1-5H;/t14-,15-;;/m0../s1. The van der Waals surface area contributed by atoms with E-state index in [9.17, 15) is 0 Å². The average Bonchev–Trinajstić information content (AvgIpc) is 3.06. The summed E-state index contributed by atoms with van der Waals surface area (Å²) in [6, 6.07) is 0. The van der Waals surface area contributed by atoms with Crippen LogP contribution in [0, 0.1) is 17.8 Å². The van der Waals surface area contributed by atoms with Crippen LogP contribution in [0.1, 0.15) is 58.3 Å². The van der Waals surface area contributed by atoms with E-state index in [0.29, 0.717) is 5.41 Å². The molecule has 4 aliphatic carbocycles. The minimum absolute atomic E-state index is 0. The second kappa shape index (κ2) is 7.65. The molecule has 2 radical (unpaired) electrons. The third kappa shape index (κ3) is 3.63. The van der Waals surface area contributed by atoms with Crippen LogP contribution in [-0.4, -0.2) is 0 Å². The number of hydrogen-bond donors (Lipinski definition) is 0. The van der Waals surface area contributed by atoms with Gasteiger partial charge in [-0.25, -0.2) is 0 Å². The van der Waals surface area contributed by atoms with Crippen LogP contribution in [0.2, 0.25) is 0 Å². The smallest absolute Gasteiger partial charge is 0.00506 e. The van der Waals surface area contributed by atoms with Crippen molar-refractivity contribution in [2.24, 2.45) is 11.3 Å². The van der Waals surface area contributed by atoms with E-state index in [0.717, 1.165) is 5.92 Å². The first-order chi connectivity index (χ1) is 9.81. The van der Waals surface area contributed by atoms with Crippen molar-refractivity contribution >= 4 is 0 Å². The van der Waals surface area contributed by atoms with Crippen molar-refractivity contribution in [2.75, 3.05) is 0 Å². The Kier molecular flexibility index (Phi) is 6.13. The van der Waals surface area contributed by atoms with E-state index in [4.69, 9.17) is 0 Å². The van der Waals surface area contributed by atoms with Crippen LogP contribution < -0.4 is 0 Å². The molecule has 0 nitrogen and oxygen atoms in total. The Morgan fingerprint density at radius 2 is 1.67 bits per heavy atom. The maximum atomic E-state index is 2.54. The molecule has 2 saturated carbocycles. The Morgan fingerprint density at radius 3 is 2.38 bits per heavy atom. The Balaban J connectivity index is 0.000000231. The topological polar surface area (TPSA) is 0 Å². The van der Waals surface area contributed by atoms with Crippen molar-refractivity contribution in [3.05, 3.63) is 54.0 Å². The zero-order valence-corrected chi connectivity index (χ0v) is 14.2. The molecule has 2 atom stereocenters. The summed E-state index contributed by atoms with van der Waals surface area (Å²) in [7, 11) is 0. The Bertz CT molecular complexity index is 456. The molecule has 0 aliphatic heterocycles. The van der Waals surface area contributed by atoms with E-state index < -0.39 is 0 Å². The largest absolute Gasteiger partial charge is 0.0767 e. The predicted octanol–water partition coefficient (Wildman–Crippen LogP) is 5.94. The molecule has 0 unspecified atom stereocenters. The third-order valence-electron chi connectivity index (χ3n) is 5.60. The number of allylic oxidation sites excluding steroid dienone is 8. The van der Waals surface area contributed by atoms with Crippen LogP contribution in [0.5, 0.6) is 0 Å². The normalized spacial score (nSPS) is 32.7. The summed E-state index contributed by atoms with van der Waals surface area (Å²) in [5.74, 6) is 0.909. The summed E-state index contributed by atoms with van der Waals surface area (Å²) in [5, 5.41) is 0. The van der Waals surface area contributed by atoms with E-state index in [-0.39, 0.29) is 16.8 Å². The molecular formula is C20H27Co. The first-order valence-electron chi connectivity index (χ1n) is 8.37. The van der Waals surface area contributed by atoms with Gasteiger partial charge in [0.15, 0.2) is 0 Å². The summed E-state index contributed by atoms with van der Waals surface area (Å²) in [4.78, 5) is 0. The van der Waals surface area contributed by atoms with Crippen LogP contribution in [0.4, 0.5) is 0 Å². The van der Waals surface area contributed by atoms with E-state index in [1.165, 1.54) is 51.4 Å². The fourth-order valence-corrected chi connectivity index (χ4v) is 4.42. The fourth-order valence-electron chi connectivity index (χ4n) is 4.42. The maximum Gasteiger partial charge on any atom is 0.00506 e.